The van der Waals surface area contributed by atoms with Gasteiger partial charge in [0, 0.05) is 30.9 Å². The highest BCUT2D eigenvalue weighted by Gasteiger charge is 2.24. The first-order valence-corrected chi connectivity index (χ1v) is 8.03. The first kappa shape index (κ1) is 16.3. The van der Waals surface area contributed by atoms with Gasteiger partial charge in [-0.1, -0.05) is 13.8 Å². The topological polar surface area (TPSA) is 15.3 Å². The summed E-state index contributed by atoms with van der Waals surface area (Å²) in [5, 5.41) is 3.47. The molecule has 1 saturated heterocycles. The minimum atomic E-state index is -0.150. The molecular weight excluding hydrogens is 263 g/mol. The third-order valence-corrected chi connectivity index (χ3v) is 4.06. The van der Waals surface area contributed by atoms with E-state index in [2.05, 4.69) is 44.8 Å². The molecule has 0 aromatic heterocycles. The Labute approximate surface area is 128 Å². The van der Waals surface area contributed by atoms with Crippen LogP contribution in [0.4, 0.5) is 10.1 Å². The lowest BCUT2D eigenvalue weighted by molar-refractivity contribution is 0.355. The second kappa shape index (κ2) is 6.35. The first-order valence-electron chi connectivity index (χ1n) is 8.03. The number of halogens is 1. The summed E-state index contributed by atoms with van der Waals surface area (Å²) >= 11 is 0. The van der Waals surface area contributed by atoms with Crippen molar-refractivity contribution in [3.63, 3.8) is 0 Å². The Kier molecular flexibility index (Phi) is 4.92. The molecule has 1 aromatic rings. The second-order valence-electron chi connectivity index (χ2n) is 7.73. The maximum atomic E-state index is 13.6. The van der Waals surface area contributed by atoms with Crippen molar-refractivity contribution in [1.82, 2.24) is 5.32 Å². The lowest BCUT2D eigenvalue weighted by atomic mass is 9.91. The van der Waals surface area contributed by atoms with E-state index in [1.165, 1.54) is 12.1 Å². The Morgan fingerprint density at radius 2 is 1.81 bits per heavy atom. The largest absolute Gasteiger partial charge is 0.371 e. The highest BCUT2D eigenvalue weighted by atomic mass is 19.1. The predicted molar refractivity (Wildman–Crippen MR) is 88.2 cm³/mol. The molecule has 1 aliphatic heterocycles. The smallest absolute Gasteiger partial charge is 0.123 e. The van der Waals surface area contributed by atoms with Gasteiger partial charge in [0.05, 0.1) is 0 Å². The van der Waals surface area contributed by atoms with Gasteiger partial charge in [0.15, 0.2) is 0 Å². The summed E-state index contributed by atoms with van der Waals surface area (Å²) in [5.41, 5.74) is 2.28. The quantitative estimate of drug-likeness (QED) is 0.898. The lowest BCUT2D eigenvalue weighted by Gasteiger charge is -2.38. The van der Waals surface area contributed by atoms with Crippen molar-refractivity contribution in [3.8, 4) is 0 Å². The Morgan fingerprint density at radius 3 is 2.38 bits per heavy atom. The summed E-state index contributed by atoms with van der Waals surface area (Å²) in [6.07, 6.45) is 1.28. The molecule has 0 spiro atoms. The number of rotatable bonds is 3. The van der Waals surface area contributed by atoms with Gasteiger partial charge in [-0.25, -0.2) is 4.39 Å². The van der Waals surface area contributed by atoms with Gasteiger partial charge in [-0.15, -0.1) is 0 Å². The zero-order valence-corrected chi connectivity index (χ0v) is 14.0. The van der Waals surface area contributed by atoms with Crippen molar-refractivity contribution in [2.45, 2.75) is 53.1 Å². The van der Waals surface area contributed by atoms with E-state index < -0.39 is 0 Å². The second-order valence-corrected chi connectivity index (χ2v) is 7.73. The van der Waals surface area contributed by atoms with Crippen LogP contribution in [-0.4, -0.2) is 18.6 Å². The highest BCUT2D eigenvalue weighted by molar-refractivity contribution is 5.54. The summed E-state index contributed by atoms with van der Waals surface area (Å²) in [7, 11) is 0. The van der Waals surface area contributed by atoms with Crippen LogP contribution in [0.25, 0.3) is 0 Å². The van der Waals surface area contributed by atoms with E-state index >= 15 is 0 Å². The summed E-state index contributed by atoms with van der Waals surface area (Å²) in [5.74, 6) is 1.24. The SMILES string of the molecule is CC1CC(C)CN(c2ccc(F)cc2CNC(C)(C)C)C1. The predicted octanol–water partition coefficient (Wildman–Crippen LogP) is 4.20. The molecule has 0 aliphatic carbocycles. The monoisotopic (exact) mass is 292 g/mol. The van der Waals surface area contributed by atoms with Gasteiger partial charge < -0.3 is 10.2 Å². The molecule has 118 valence electrons. The number of piperidine rings is 1. The fraction of sp³-hybridized carbons (Fsp3) is 0.667. The third-order valence-electron chi connectivity index (χ3n) is 4.06. The molecular formula is C18H29FN2. The molecule has 2 rings (SSSR count). The number of anilines is 1. The van der Waals surface area contributed by atoms with Crippen LogP contribution in [-0.2, 0) is 6.54 Å². The van der Waals surface area contributed by atoms with Gasteiger partial charge in [-0.3, -0.25) is 0 Å². The van der Waals surface area contributed by atoms with Crippen molar-refractivity contribution >= 4 is 5.69 Å². The number of nitrogens with one attached hydrogen (secondary N) is 1. The van der Waals surface area contributed by atoms with Crippen LogP contribution < -0.4 is 10.2 Å². The Bertz CT molecular complexity index is 469. The van der Waals surface area contributed by atoms with Crippen molar-refractivity contribution < 1.29 is 4.39 Å². The van der Waals surface area contributed by atoms with Crippen LogP contribution in [0.3, 0.4) is 0 Å². The maximum Gasteiger partial charge on any atom is 0.123 e. The molecule has 1 aromatic carbocycles. The molecule has 1 N–H and O–H groups in total. The van der Waals surface area contributed by atoms with Crippen molar-refractivity contribution in [1.29, 1.82) is 0 Å². The first-order chi connectivity index (χ1) is 9.74. The summed E-state index contributed by atoms with van der Waals surface area (Å²) < 4.78 is 13.6. The number of hydrogen-bond acceptors (Lipinski definition) is 2. The van der Waals surface area contributed by atoms with E-state index in [1.54, 1.807) is 12.1 Å². The summed E-state index contributed by atoms with van der Waals surface area (Å²) in [6.45, 7) is 13.9. The van der Waals surface area contributed by atoms with Gasteiger partial charge in [0.1, 0.15) is 5.82 Å². The zero-order chi connectivity index (χ0) is 15.6. The van der Waals surface area contributed by atoms with Gasteiger partial charge in [0.25, 0.3) is 0 Å². The van der Waals surface area contributed by atoms with E-state index in [1.807, 2.05) is 6.07 Å². The summed E-state index contributed by atoms with van der Waals surface area (Å²) in [6, 6.07) is 5.21. The lowest BCUT2D eigenvalue weighted by Crippen LogP contribution is -2.40. The van der Waals surface area contributed by atoms with Crippen molar-refractivity contribution in [3.05, 3.63) is 29.6 Å². The van der Waals surface area contributed by atoms with Crippen LogP contribution in [0, 0.1) is 17.7 Å². The molecule has 1 fully saturated rings. The van der Waals surface area contributed by atoms with Crippen LogP contribution in [0.1, 0.15) is 46.6 Å². The van der Waals surface area contributed by atoms with E-state index in [0.29, 0.717) is 18.4 Å². The molecule has 2 unspecified atom stereocenters. The van der Waals surface area contributed by atoms with Gasteiger partial charge >= 0.3 is 0 Å². The van der Waals surface area contributed by atoms with E-state index in [9.17, 15) is 4.39 Å². The molecule has 1 aliphatic rings. The molecule has 1 heterocycles. The van der Waals surface area contributed by atoms with Gasteiger partial charge in [0.2, 0.25) is 0 Å². The van der Waals surface area contributed by atoms with Gasteiger partial charge in [-0.2, -0.15) is 0 Å². The standard InChI is InChI=1S/C18H29FN2/c1-13-8-14(2)12-21(11-13)17-7-6-16(19)9-15(17)10-20-18(3,4)5/h6-7,9,13-14,20H,8,10-12H2,1-5H3. The minimum absolute atomic E-state index is 0.0338. The number of nitrogens with zero attached hydrogens (tertiary/aromatic N) is 1. The van der Waals surface area contributed by atoms with E-state index in [4.69, 9.17) is 0 Å². The maximum absolute atomic E-state index is 13.6. The van der Waals surface area contributed by atoms with Crippen LogP contribution >= 0.6 is 0 Å². The van der Waals surface area contributed by atoms with E-state index in [-0.39, 0.29) is 11.4 Å². The molecule has 3 heteroatoms. The molecule has 0 radical (unpaired) electrons. The molecule has 0 bridgehead atoms. The Balaban J connectivity index is 2.21. The Hall–Kier alpha value is -1.09. The average Bonchev–Trinajstić information content (AvgIpc) is 2.34. The zero-order valence-electron chi connectivity index (χ0n) is 14.0. The Morgan fingerprint density at radius 1 is 1.19 bits per heavy atom. The number of hydrogen-bond donors (Lipinski definition) is 1. The molecule has 0 amide bonds. The normalized spacial score (nSPS) is 23.4. The van der Waals surface area contributed by atoms with Crippen molar-refractivity contribution in [2.24, 2.45) is 11.8 Å². The molecule has 0 saturated carbocycles. The third kappa shape index (κ3) is 4.70. The fourth-order valence-corrected chi connectivity index (χ4v) is 3.22. The molecule has 21 heavy (non-hydrogen) atoms. The highest BCUT2D eigenvalue weighted by Crippen LogP contribution is 2.29. The molecule has 2 nitrogen and oxygen atoms in total. The van der Waals surface area contributed by atoms with Crippen LogP contribution in [0.15, 0.2) is 18.2 Å². The fourth-order valence-electron chi connectivity index (χ4n) is 3.22. The van der Waals surface area contributed by atoms with Crippen LogP contribution in [0.5, 0.6) is 0 Å². The number of benzene rings is 1. The summed E-state index contributed by atoms with van der Waals surface area (Å²) in [4.78, 5) is 2.43. The van der Waals surface area contributed by atoms with E-state index in [0.717, 1.165) is 18.7 Å². The van der Waals surface area contributed by atoms with Crippen molar-refractivity contribution in [2.75, 3.05) is 18.0 Å². The minimum Gasteiger partial charge on any atom is -0.371 e. The van der Waals surface area contributed by atoms with Crippen LogP contribution in [0.2, 0.25) is 0 Å². The molecule has 2 atom stereocenters. The average molecular weight is 292 g/mol. The van der Waals surface area contributed by atoms with Gasteiger partial charge in [-0.05, 0) is 62.8 Å².